The summed E-state index contributed by atoms with van der Waals surface area (Å²) in [7, 11) is 5.41. The third kappa shape index (κ3) is 4.39. The van der Waals surface area contributed by atoms with Crippen LogP contribution in [-0.4, -0.2) is 70.3 Å². The standard InChI is InChI=1S/C18H24N4O4.ClH/c1-21(2)16(18(24)25)11-4-7-13(8-5-11)22(3)17(23)12-6-9-14-15(10-12)20-26-19-14;/h6,9-11,13,16H,4-5,7-8H2,1-3H3,(H,24,25);1H/t11-,13-,16?;. The van der Waals surface area contributed by atoms with Gasteiger partial charge in [0.1, 0.15) is 17.1 Å². The molecule has 1 heterocycles. The minimum atomic E-state index is -0.780. The molecule has 0 spiro atoms. The number of fused-ring (bicyclic) bond motifs is 1. The van der Waals surface area contributed by atoms with Gasteiger partial charge in [0.25, 0.3) is 5.91 Å². The van der Waals surface area contributed by atoms with E-state index in [2.05, 4.69) is 14.9 Å². The second-order valence-electron chi connectivity index (χ2n) is 7.20. The van der Waals surface area contributed by atoms with Crippen molar-refractivity contribution in [3.05, 3.63) is 23.8 Å². The van der Waals surface area contributed by atoms with Crippen LogP contribution in [0.15, 0.2) is 22.8 Å². The summed E-state index contributed by atoms with van der Waals surface area (Å²) in [5.74, 6) is -0.738. The van der Waals surface area contributed by atoms with E-state index >= 15 is 0 Å². The zero-order chi connectivity index (χ0) is 18.8. The molecule has 9 heteroatoms. The molecule has 1 aromatic carbocycles. The number of rotatable bonds is 5. The fourth-order valence-electron chi connectivity index (χ4n) is 3.93. The topological polar surface area (TPSA) is 99.8 Å². The molecule has 0 saturated heterocycles. The molecule has 1 aliphatic carbocycles. The van der Waals surface area contributed by atoms with Crippen LogP contribution < -0.4 is 0 Å². The Morgan fingerprint density at radius 2 is 1.74 bits per heavy atom. The molecule has 0 bridgehead atoms. The summed E-state index contributed by atoms with van der Waals surface area (Å²) in [6.45, 7) is 0. The minimum Gasteiger partial charge on any atom is -0.480 e. The predicted octanol–water partition coefficient (Wildman–Crippen LogP) is 2.29. The van der Waals surface area contributed by atoms with Crippen molar-refractivity contribution in [3.8, 4) is 0 Å². The van der Waals surface area contributed by atoms with Crippen LogP contribution in [0.4, 0.5) is 0 Å². The van der Waals surface area contributed by atoms with Gasteiger partial charge in [0, 0.05) is 18.7 Å². The van der Waals surface area contributed by atoms with E-state index in [4.69, 9.17) is 0 Å². The Morgan fingerprint density at radius 1 is 1.11 bits per heavy atom. The quantitative estimate of drug-likeness (QED) is 0.827. The summed E-state index contributed by atoms with van der Waals surface area (Å²) in [4.78, 5) is 27.8. The SMILES string of the molecule is CN(C)C(C(=O)O)[C@H]1CC[C@H](N(C)C(=O)c2ccc3nonc3c2)CC1.Cl. The fraction of sp³-hybridized carbons (Fsp3) is 0.556. The van der Waals surface area contributed by atoms with Gasteiger partial charge in [0.15, 0.2) is 0 Å². The number of hydrogen-bond acceptors (Lipinski definition) is 6. The van der Waals surface area contributed by atoms with Gasteiger partial charge in [-0.05, 0) is 74.2 Å². The summed E-state index contributed by atoms with van der Waals surface area (Å²) in [5.41, 5.74) is 1.73. The smallest absolute Gasteiger partial charge is 0.321 e. The zero-order valence-corrected chi connectivity index (χ0v) is 16.5. The lowest BCUT2D eigenvalue weighted by molar-refractivity contribution is -0.145. The van der Waals surface area contributed by atoms with Gasteiger partial charge < -0.3 is 10.0 Å². The van der Waals surface area contributed by atoms with Gasteiger partial charge in [-0.1, -0.05) is 0 Å². The molecule has 2 aromatic rings. The molecule has 0 radical (unpaired) electrons. The lowest BCUT2D eigenvalue weighted by atomic mass is 9.80. The Morgan fingerprint density at radius 3 is 2.33 bits per heavy atom. The lowest BCUT2D eigenvalue weighted by Gasteiger charge is -2.38. The molecule has 1 fully saturated rings. The van der Waals surface area contributed by atoms with Gasteiger partial charge >= 0.3 is 5.97 Å². The number of carbonyl (C=O) groups excluding carboxylic acids is 1. The van der Waals surface area contributed by atoms with Crippen LogP contribution in [0.25, 0.3) is 11.0 Å². The van der Waals surface area contributed by atoms with Crippen LogP contribution in [0.5, 0.6) is 0 Å². The molecule has 1 saturated carbocycles. The number of carboxylic acid groups (broad SMARTS) is 1. The molecule has 1 atom stereocenters. The number of aliphatic carboxylic acids is 1. The van der Waals surface area contributed by atoms with Crippen LogP contribution in [0.2, 0.25) is 0 Å². The second kappa shape index (κ2) is 8.67. The summed E-state index contributed by atoms with van der Waals surface area (Å²) >= 11 is 0. The molecule has 0 aliphatic heterocycles. The Balaban J connectivity index is 0.00000261. The van der Waals surface area contributed by atoms with Crippen molar-refractivity contribution in [2.45, 2.75) is 37.8 Å². The number of carboxylic acids is 1. The normalized spacial score (nSPS) is 20.9. The van der Waals surface area contributed by atoms with Gasteiger partial charge in [-0.15, -0.1) is 12.4 Å². The Kier molecular flexibility index (Phi) is 6.78. The number of hydrogen-bond donors (Lipinski definition) is 1. The molecular weight excluding hydrogens is 372 g/mol. The maximum Gasteiger partial charge on any atom is 0.321 e. The maximum absolute atomic E-state index is 12.8. The predicted molar refractivity (Wildman–Crippen MR) is 102 cm³/mol. The van der Waals surface area contributed by atoms with Crippen molar-refractivity contribution in [2.24, 2.45) is 5.92 Å². The van der Waals surface area contributed by atoms with Gasteiger partial charge in [0.2, 0.25) is 0 Å². The average molecular weight is 397 g/mol. The van der Waals surface area contributed by atoms with Crippen LogP contribution >= 0.6 is 12.4 Å². The van der Waals surface area contributed by atoms with Crippen molar-refractivity contribution in [1.29, 1.82) is 0 Å². The van der Waals surface area contributed by atoms with E-state index in [0.717, 1.165) is 25.7 Å². The summed E-state index contributed by atoms with van der Waals surface area (Å²) in [6, 6.07) is 4.77. The van der Waals surface area contributed by atoms with Crippen LogP contribution in [0, 0.1) is 5.92 Å². The van der Waals surface area contributed by atoms with Gasteiger partial charge in [-0.3, -0.25) is 14.5 Å². The molecule has 1 aromatic heterocycles. The molecule has 148 valence electrons. The van der Waals surface area contributed by atoms with E-state index < -0.39 is 12.0 Å². The van der Waals surface area contributed by atoms with E-state index in [1.54, 1.807) is 49.1 Å². The summed E-state index contributed by atoms with van der Waals surface area (Å²) in [5, 5.41) is 17.0. The molecule has 3 rings (SSSR count). The number of halogens is 1. The first-order chi connectivity index (χ1) is 12.4. The molecule has 8 nitrogen and oxygen atoms in total. The molecule has 27 heavy (non-hydrogen) atoms. The number of nitrogens with zero attached hydrogens (tertiary/aromatic N) is 4. The first-order valence-electron chi connectivity index (χ1n) is 8.77. The Labute approximate surface area is 163 Å². The molecular formula is C18H25ClN4O4. The number of carbonyl (C=O) groups is 2. The minimum absolute atomic E-state index is 0. The number of likely N-dealkylation sites (N-methyl/N-ethyl adjacent to an activating group) is 1. The first-order valence-corrected chi connectivity index (χ1v) is 8.77. The Bertz CT molecular complexity index is 802. The zero-order valence-electron chi connectivity index (χ0n) is 15.7. The van der Waals surface area contributed by atoms with Crippen molar-refractivity contribution in [2.75, 3.05) is 21.1 Å². The highest BCUT2D eigenvalue weighted by atomic mass is 35.5. The molecule has 1 amide bonds. The Hall–Kier alpha value is -2.19. The van der Waals surface area contributed by atoms with E-state index in [-0.39, 0.29) is 30.3 Å². The monoisotopic (exact) mass is 396 g/mol. The molecule has 1 aliphatic rings. The number of benzene rings is 1. The summed E-state index contributed by atoms with van der Waals surface area (Å²) < 4.78 is 4.67. The van der Waals surface area contributed by atoms with Crippen LogP contribution in [0.3, 0.4) is 0 Å². The third-order valence-electron chi connectivity index (χ3n) is 5.37. The fourth-order valence-corrected chi connectivity index (χ4v) is 3.93. The van der Waals surface area contributed by atoms with E-state index in [1.807, 2.05) is 0 Å². The van der Waals surface area contributed by atoms with Crippen molar-refractivity contribution in [3.63, 3.8) is 0 Å². The highest BCUT2D eigenvalue weighted by molar-refractivity contribution is 5.97. The van der Waals surface area contributed by atoms with Crippen LogP contribution in [-0.2, 0) is 4.79 Å². The third-order valence-corrected chi connectivity index (χ3v) is 5.37. The van der Waals surface area contributed by atoms with E-state index in [9.17, 15) is 14.7 Å². The maximum atomic E-state index is 12.8. The van der Waals surface area contributed by atoms with E-state index in [1.165, 1.54) is 0 Å². The van der Waals surface area contributed by atoms with Crippen molar-refractivity contribution in [1.82, 2.24) is 20.1 Å². The van der Waals surface area contributed by atoms with E-state index in [0.29, 0.717) is 16.6 Å². The van der Waals surface area contributed by atoms with Gasteiger partial charge in [0.05, 0.1) is 0 Å². The number of aromatic nitrogens is 2. The first kappa shape index (κ1) is 21.1. The molecule has 1 unspecified atom stereocenters. The molecule has 1 N–H and O–H groups in total. The van der Waals surface area contributed by atoms with Gasteiger partial charge in [-0.2, -0.15) is 0 Å². The number of amides is 1. The lowest BCUT2D eigenvalue weighted by Crippen LogP contribution is -2.46. The van der Waals surface area contributed by atoms with Crippen molar-refractivity contribution < 1.29 is 19.3 Å². The average Bonchev–Trinajstić information content (AvgIpc) is 3.08. The highest BCUT2D eigenvalue weighted by Gasteiger charge is 2.35. The van der Waals surface area contributed by atoms with Crippen LogP contribution in [0.1, 0.15) is 36.0 Å². The second-order valence-corrected chi connectivity index (χ2v) is 7.20. The largest absolute Gasteiger partial charge is 0.480 e. The highest BCUT2D eigenvalue weighted by Crippen LogP contribution is 2.31. The van der Waals surface area contributed by atoms with Crippen molar-refractivity contribution >= 4 is 35.3 Å². The summed E-state index contributed by atoms with van der Waals surface area (Å²) in [6.07, 6.45) is 3.20. The van der Waals surface area contributed by atoms with Gasteiger partial charge in [-0.25, -0.2) is 4.63 Å².